The molecule has 2 atom stereocenters. The van der Waals surface area contributed by atoms with Crippen LogP contribution in [0.2, 0.25) is 0 Å². The number of carbonyl (C=O) groups excluding carboxylic acids is 1. The number of aliphatic hydroxyl groups is 1. The van der Waals surface area contributed by atoms with Crippen LogP contribution < -0.4 is 5.32 Å². The topological polar surface area (TPSA) is 52.6 Å². The van der Waals surface area contributed by atoms with E-state index in [1.807, 2.05) is 20.9 Å². The quantitative estimate of drug-likeness (QED) is 0.181. The zero-order valence-corrected chi connectivity index (χ0v) is 21.8. The molecule has 2 N–H and O–H groups in total. The first-order chi connectivity index (χ1) is 14.9. The summed E-state index contributed by atoms with van der Waals surface area (Å²) < 4.78 is 0. The molecule has 0 saturated carbocycles. The van der Waals surface area contributed by atoms with E-state index in [4.69, 9.17) is 0 Å². The van der Waals surface area contributed by atoms with Crippen LogP contribution in [0, 0.1) is 0 Å². The molecule has 0 bridgehead atoms. The highest BCUT2D eigenvalue weighted by molar-refractivity contribution is 5.76. The lowest BCUT2D eigenvalue weighted by Gasteiger charge is -2.36. The molecule has 0 heterocycles. The smallest absolute Gasteiger partial charge is 0.220 e. The van der Waals surface area contributed by atoms with Crippen LogP contribution in [-0.4, -0.2) is 47.7 Å². The SMILES string of the molecule is CCCCCCCCCCCCCCCCCC(=O)NC(C)C(O)(CC)CN(C)CC. The third-order valence-electron chi connectivity index (χ3n) is 6.89. The fourth-order valence-corrected chi connectivity index (χ4v) is 4.24. The largest absolute Gasteiger partial charge is 0.386 e. The average molecular weight is 441 g/mol. The minimum atomic E-state index is -0.866. The third-order valence-corrected chi connectivity index (χ3v) is 6.89. The Kier molecular flexibility index (Phi) is 19.6. The van der Waals surface area contributed by atoms with Gasteiger partial charge in [0.05, 0.1) is 11.6 Å². The number of amides is 1. The number of unbranched alkanes of at least 4 members (excludes halogenated alkanes) is 14. The van der Waals surface area contributed by atoms with Gasteiger partial charge >= 0.3 is 0 Å². The van der Waals surface area contributed by atoms with Gasteiger partial charge in [0, 0.05) is 13.0 Å². The molecule has 2 unspecified atom stereocenters. The highest BCUT2D eigenvalue weighted by atomic mass is 16.3. The normalized spacial score (nSPS) is 14.5. The van der Waals surface area contributed by atoms with Crippen molar-refractivity contribution in [2.45, 2.75) is 148 Å². The molecule has 0 fully saturated rings. The number of nitrogens with one attached hydrogen (secondary N) is 1. The molecule has 0 aliphatic carbocycles. The van der Waals surface area contributed by atoms with Gasteiger partial charge in [-0.15, -0.1) is 0 Å². The lowest BCUT2D eigenvalue weighted by molar-refractivity contribution is -0.124. The number of hydrogen-bond donors (Lipinski definition) is 2. The lowest BCUT2D eigenvalue weighted by atomic mass is 9.91. The van der Waals surface area contributed by atoms with Gasteiger partial charge < -0.3 is 15.3 Å². The first-order valence-electron chi connectivity index (χ1n) is 13.6. The molecule has 0 aromatic heterocycles. The van der Waals surface area contributed by atoms with Crippen LogP contribution in [0.15, 0.2) is 0 Å². The van der Waals surface area contributed by atoms with Gasteiger partial charge in [0.25, 0.3) is 0 Å². The Balaban J connectivity index is 3.61. The highest BCUT2D eigenvalue weighted by Gasteiger charge is 2.33. The summed E-state index contributed by atoms with van der Waals surface area (Å²) in [4.78, 5) is 14.4. The second-order valence-corrected chi connectivity index (χ2v) is 9.78. The van der Waals surface area contributed by atoms with E-state index in [0.29, 0.717) is 19.4 Å². The number of carbonyl (C=O) groups is 1. The standard InChI is InChI=1S/C27H56N2O2/c1-6-9-10-11-12-13-14-15-16-17-18-19-20-21-22-23-26(30)28-25(4)27(31,7-2)24-29(5)8-3/h25,31H,6-24H2,1-5H3,(H,28,30). The van der Waals surface area contributed by atoms with E-state index < -0.39 is 5.60 Å². The van der Waals surface area contributed by atoms with Gasteiger partial charge in [0.1, 0.15) is 0 Å². The van der Waals surface area contributed by atoms with Gasteiger partial charge in [0.2, 0.25) is 5.91 Å². The van der Waals surface area contributed by atoms with Crippen LogP contribution in [0.1, 0.15) is 137 Å². The number of rotatable bonds is 22. The summed E-state index contributed by atoms with van der Waals surface area (Å²) in [7, 11) is 2.00. The van der Waals surface area contributed by atoms with Crippen LogP contribution in [0.4, 0.5) is 0 Å². The number of hydrogen-bond acceptors (Lipinski definition) is 3. The second kappa shape index (κ2) is 20.0. The molecule has 0 spiro atoms. The monoisotopic (exact) mass is 440 g/mol. The van der Waals surface area contributed by atoms with Crippen molar-refractivity contribution in [3.8, 4) is 0 Å². The average Bonchev–Trinajstić information content (AvgIpc) is 2.76. The summed E-state index contributed by atoms with van der Waals surface area (Å²) >= 11 is 0. The van der Waals surface area contributed by atoms with E-state index in [-0.39, 0.29) is 11.9 Å². The molecule has 0 aliphatic rings. The fraction of sp³-hybridized carbons (Fsp3) is 0.963. The maximum atomic E-state index is 12.3. The van der Waals surface area contributed by atoms with Crippen LogP contribution >= 0.6 is 0 Å². The van der Waals surface area contributed by atoms with E-state index >= 15 is 0 Å². The van der Waals surface area contributed by atoms with Crippen molar-refractivity contribution in [3.05, 3.63) is 0 Å². The molecule has 4 heteroatoms. The Morgan fingerprint density at radius 3 is 1.61 bits per heavy atom. The third kappa shape index (κ3) is 16.7. The van der Waals surface area contributed by atoms with Gasteiger partial charge in [-0.1, -0.05) is 111 Å². The van der Waals surface area contributed by atoms with Gasteiger partial charge in [-0.25, -0.2) is 0 Å². The van der Waals surface area contributed by atoms with Crippen molar-refractivity contribution in [1.82, 2.24) is 10.2 Å². The van der Waals surface area contributed by atoms with E-state index in [0.717, 1.165) is 19.4 Å². The molecule has 0 saturated heterocycles. The van der Waals surface area contributed by atoms with Crippen LogP contribution in [0.25, 0.3) is 0 Å². The van der Waals surface area contributed by atoms with Crippen molar-refractivity contribution in [1.29, 1.82) is 0 Å². The summed E-state index contributed by atoms with van der Waals surface area (Å²) in [5.74, 6) is 0.0771. The molecular formula is C27H56N2O2. The van der Waals surface area contributed by atoms with Crippen LogP contribution in [0.5, 0.6) is 0 Å². The van der Waals surface area contributed by atoms with Crippen molar-refractivity contribution in [2.24, 2.45) is 0 Å². The Hall–Kier alpha value is -0.610. The first-order valence-corrected chi connectivity index (χ1v) is 13.6. The molecule has 0 rings (SSSR count). The minimum Gasteiger partial charge on any atom is -0.386 e. The van der Waals surface area contributed by atoms with Gasteiger partial charge in [-0.3, -0.25) is 4.79 Å². The van der Waals surface area contributed by atoms with Crippen molar-refractivity contribution >= 4 is 5.91 Å². The maximum absolute atomic E-state index is 12.3. The summed E-state index contributed by atoms with van der Waals surface area (Å²) in [5, 5.41) is 13.9. The molecule has 0 aromatic carbocycles. The Morgan fingerprint density at radius 2 is 1.23 bits per heavy atom. The molecule has 1 amide bonds. The first kappa shape index (κ1) is 30.4. The summed E-state index contributed by atoms with van der Waals surface area (Å²) in [5.41, 5.74) is -0.866. The molecule has 0 aromatic rings. The second-order valence-electron chi connectivity index (χ2n) is 9.78. The molecule has 0 aliphatic heterocycles. The van der Waals surface area contributed by atoms with Crippen LogP contribution in [0.3, 0.4) is 0 Å². The zero-order chi connectivity index (χ0) is 23.4. The van der Waals surface area contributed by atoms with E-state index in [9.17, 15) is 9.90 Å². The van der Waals surface area contributed by atoms with E-state index in [1.54, 1.807) is 0 Å². The van der Waals surface area contributed by atoms with E-state index in [1.165, 1.54) is 83.5 Å². The molecule has 186 valence electrons. The molecule has 31 heavy (non-hydrogen) atoms. The Morgan fingerprint density at radius 1 is 0.806 bits per heavy atom. The van der Waals surface area contributed by atoms with Crippen molar-refractivity contribution < 1.29 is 9.90 Å². The van der Waals surface area contributed by atoms with Gasteiger partial charge in [0.15, 0.2) is 0 Å². The Bertz CT molecular complexity index is 416. The van der Waals surface area contributed by atoms with E-state index in [2.05, 4.69) is 24.1 Å². The maximum Gasteiger partial charge on any atom is 0.220 e. The summed E-state index contributed by atoms with van der Waals surface area (Å²) in [6.07, 6.45) is 21.2. The molecule has 0 radical (unpaired) electrons. The minimum absolute atomic E-state index is 0.0771. The predicted octanol–water partition coefficient (Wildman–Crippen LogP) is 6.85. The zero-order valence-electron chi connectivity index (χ0n) is 21.8. The summed E-state index contributed by atoms with van der Waals surface area (Å²) in [6.45, 7) is 9.75. The van der Waals surface area contributed by atoms with Crippen molar-refractivity contribution in [3.63, 3.8) is 0 Å². The Labute approximate surface area is 194 Å². The van der Waals surface area contributed by atoms with Gasteiger partial charge in [-0.2, -0.15) is 0 Å². The molecule has 4 nitrogen and oxygen atoms in total. The van der Waals surface area contributed by atoms with Crippen LogP contribution in [-0.2, 0) is 4.79 Å². The van der Waals surface area contributed by atoms with Crippen molar-refractivity contribution in [2.75, 3.05) is 20.1 Å². The number of likely N-dealkylation sites (N-methyl/N-ethyl adjacent to an activating group) is 1. The number of nitrogens with zero attached hydrogens (tertiary/aromatic N) is 1. The fourth-order valence-electron chi connectivity index (χ4n) is 4.24. The highest BCUT2D eigenvalue weighted by Crippen LogP contribution is 2.18. The van der Waals surface area contributed by atoms with Gasteiger partial charge in [-0.05, 0) is 33.4 Å². The summed E-state index contributed by atoms with van der Waals surface area (Å²) in [6, 6.07) is -0.227. The lowest BCUT2D eigenvalue weighted by Crippen LogP contribution is -2.56. The molecular weight excluding hydrogens is 384 g/mol. The predicted molar refractivity (Wildman–Crippen MR) is 136 cm³/mol.